The summed E-state index contributed by atoms with van der Waals surface area (Å²) in [5.41, 5.74) is 6.96. The van der Waals surface area contributed by atoms with Gasteiger partial charge in [-0.1, -0.05) is 30.3 Å². The highest BCUT2D eigenvalue weighted by Crippen LogP contribution is 2.19. The molecule has 0 bridgehead atoms. The van der Waals surface area contributed by atoms with Crippen molar-refractivity contribution in [2.75, 3.05) is 13.2 Å². The van der Waals surface area contributed by atoms with Crippen molar-refractivity contribution in [2.45, 2.75) is 50.5 Å². The first kappa shape index (κ1) is 15.4. The van der Waals surface area contributed by atoms with E-state index in [0.29, 0.717) is 25.9 Å². The Bertz CT molecular complexity index is 363. The molecule has 0 heterocycles. The molecule has 112 valence electrons. The third-order valence-corrected chi connectivity index (χ3v) is 3.66. The normalized spacial score (nSPS) is 24.5. The van der Waals surface area contributed by atoms with Crippen molar-refractivity contribution in [3.8, 4) is 0 Å². The lowest BCUT2D eigenvalue weighted by atomic mass is 9.94. The Morgan fingerprint density at radius 1 is 1.10 bits per heavy atom. The van der Waals surface area contributed by atoms with E-state index in [4.69, 9.17) is 15.2 Å². The minimum atomic E-state index is -0.561. The van der Waals surface area contributed by atoms with Gasteiger partial charge in [-0.3, -0.25) is 0 Å². The second-order valence-electron chi connectivity index (χ2n) is 5.52. The summed E-state index contributed by atoms with van der Waals surface area (Å²) < 4.78 is 11.2. The van der Waals surface area contributed by atoms with Crippen molar-refractivity contribution >= 4 is 0 Å². The monoisotopic (exact) mass is 279 g/mol. The zero-order chi connectivity index (χ0) is 14.2. The summed E-state index contributed by atoms with van der Waals surface area (Å²) >= 11 is 0. The van der Waals surface area contributed by atoms with Crippen LogP contribution < -0.4 is 5.73 Å². The summed E-state index contributed by atoms with van der Waals surface area (Å²) in [6, 6.07) is 10.3. The predicted molar refractivity (Wildman–Crippen MR) is 78.3 cm³/mol. The highest BCUT2D eigenvalue weighted by atomic mass is 16.5. The Labute approximate surface area is 120 Å². The third kappa shape index (κ3) is 5.59. The molecular formula is C16H25NO3. The molecule has 1 aromatic carbocycles. The number of hydrogen-bond donors (Lipinski definition) is 2. The van der Waals surface area contributed by atoms with Crippen LogP contribution in [0.4, 0.5) is 0 Å². The molecule has 4 nitrogen and oxygen atoms in total. The van der Waals surface area contributed by atoms with Gasteiger partial charge in [-0.25, -0.2) is 0 Å². The van der Waals surface area contributed by atoms with Gasteiger partial charge in [0.15, 0.2) is 0 Å². The first-order chi connectivity index (χ1) is 9.74. The molecule has 1 atom stereocenters. The maximum Gasteiger partial charge on any atom is 0.101 e. The van der Waals surface area contributed by atoms with Crippen LogP contribution in [0.5, 0.6) is 0 Å². The highest BCUT2D eigenvalue weighted by Gasteiger charge is 2.19. The van der Waals surface area contributed by atoms with Crippen molar-refractivity contribution in [3.63, 3.8) is 0 Å². The molecule has 0 saturated heterocycles. The quantitative estimate of drug-likeness (QED) is 0.799. The van der Waals surface area contributed by atoms with Crippen molar-refractivity contribution < 1.29 is 14.6 Å². The molecule has 20 heavy (non-hydrogen) atoms. The van der Waals surface area contributed by atoms with Crippen LogP contribution >= 0.6 is 0 Å². The van der Waals surface area contributed by atoms with Gasteiger partial charge in [0.25, 0.3) is 0 Å². The molecule has 0 spiro atoms. The Kier molecular flexibility index (Phi) is 6.47. The second-order valence-corrected chi connectivity index (χ2v) is 5.52. The van der Waals surface area contributed by atoms with Gasteiger partial charge < -0.3 is 20.3 Å². The standard InChI is InChI=1S/C16H25NO3/c17-14-6-8-16(9-7-14)20-12-15(18)11-19-10-13-4-2-1-3-5-13/h1-5,14-16,18H,6-12,17H2. The van der Waals surface area contributed by atoms with Gasteiger partial charge in [0.05, 0.1) is 25.9 Å². The molecule has 0 aliphatic heterocycles. The molecule has 1 unspecified atom stereocenters. The third-order valence-electron chi connectivity index (χ3n) is 3.66. The molecule has 0 amide bonds. The maximum atomic E-state index is 9.84. The van der Waals surface area contributed by atoms with E-state index in [0.717, 1.165) is 31.2 Å². The minimum Gasteiger partial charge on any atom is -0.388 e. The van der Waals surface area contributed by atoms with Gasteiger partial charge in [0.2, 0.25) is 0 Å². The summed E-state index contributed by atoms with van der Waals surface area (Å²) in [4.78, 5) is 0. The highest BCUT2D eigenvalue weighted by molar-refractivity contribution is 5.13. The van der Waals surface area contributed by atoms with Gasteiger partial charge in [0.1, 0.15) is 6.10 Å². The molecule has 1 saturated carbocycles. The Morgan fingerprint density at radius 2 is 1.80 bits per heavy atom. The molecule has 4 heteroatoms. The van der Waals surface area contributed by atoms with Crippen LogP contribution in [0.3, 0.4) is 0 Å². The van der Waals surface area contributed by atoms with Crippen LogP contribution in [0, 0.1) is 0 Å². The number of aliphatic hydroxyl groups is 1. The molecule has 1 aliphatic carbocycles. The van der Waals surface area contributed by atoms with E-state index in [9.17, 15) is 5.11 Å². The summed E-state index contributed by atoms with van der Waals surface area (Å²) in [7, 11) is 0. The molecule has 1 fully saturated rings. The van der Waals surface area contributed by atoms with Crippen LogP contribution in [0.2, 0.25) is 0 Å². The number of aliphatic hydroxyl groups excluding tert-OH is 1. The number of ether oxygens (including phenoxy) is 2. The van der Waals surface area contributed by atoms with E-state index in [1.807, 2.05) is 30.3 Å². The summed E-state index contributed by atoms with van der Waals surface area (Å²) in [5.74, 6) is 0. The fourth-order valence-electron chi connectivity index (χ4n) is 2.44. The first-order valence-corrected chi connectivity index (χ1v) is 7.41. The van der Waals surface area contributed by atoms with Crippen molar-refractivity contribution in [1.29, 1.82) is 0 Å². The summed E-state index contributed by atoms with van der Waals surface area (Å²) in [6.07, 6.45) is 3.72. The van der Waals surface area contributed by atoms with Crippen molar-refractivity contribution in [1.82, 2.24) is 0 Å². The number of rotatable bonds is 7. The van der Waals surface area contributed by atoms with Crippen LogP contribution in [-0.2, 0) is 16.1 Å². The molecule has 1 aliphatic rings. The van der Waals surface area contributed by atoms with E-state index in [-0.39, 0.29) is 6.10 Å². The lowest BCUT2D eigenvalue weighted by Gasteiger charge is -2.27. The van der Waals surface area contributed by atoms with Gasteiger partial charge in [-0.05, 0) is 31.2 Å². The number of hydrogen-bond acceptors (Lipinski definition) is 4. The van der Waals surface area contributed by atoms with E-state index in [1.54, 1.807) is 0 Å². The molecule has 1 aromatic rings. The Morgan fingerprint density at radius 3 is 2.50 bits per heavy atom. The van der Waals surface area contributed by atoms with Gasteiger partial charge in [-0.2, -0.15) is 0 Å². The fourth-order valence-corrected chi connectivity index (χ4v) is 2.44. The van der Waals surface area contributed by atoms with Gasteiger partial charge in [0, 0.05) is 6.04 Å². The first-order valence-electron chi connectivity index (χ1n) is 7.41. The van der Waals surface area contributed by atoms with E-state index < -0.39 is 6.10 Å². The van der Waals surface area contributed by atoms with E-state index in [2.05, 4.69) is 0 Å². The van der Waals surface area contributed by atoms with Crippen molar-refractivity contribution in [2.24, 2.45) is 5.73 Å². The lowest BCUT2D eigenvalue weighted by Crippen LogP contribution is -2.32. The second kappa shape index (κ2) is 8.37. The van der Waals surface area contributed by atoms with Crippen LogP contribution in [-0.4, -0.2) is 36.6 Å². The summed E-state index contributed by atoms with van der Waals surface area (Å²) in [6.45, 7) is 1.17. The lowest BCUT2D eigenvalue weighted by molar-refractivity contribution is -0.0565. The van der Waals surface area contributed by atoms with Crippen LogP contribution in [0.25, 0.3) is 0 Å². The smallest absolute Gasteiger partial charge is 0.101 e. The topological polar surface area (TPSA) is 64.7 Å². The number of nitrogens with two attached hydrogens (primary N) is 1. The largest absolute Gasteiger partial charge is 0.388 e. The molecular weight excluding hydrogens is 254 g/mol. The van der Waals surface area contributed by atoms with Crippen LogP contribution in [0.15, 0.2) is 30.3 Å². The zero-order valence-corrected chi connectivity index (χ0v) is 11.9. The predicted octanol–water partition coefficient (Wildman–Crippen LogP) is 1.85. The SMILES string of the molecule is NC1CCC(OCC(O)COCc2ccccc2)CC1. The van der Waals surface area contributed by atoms with Gasteiger partial charge >= 0.3 is 0 Å². The Hall–Kier alpha value is -0.940. The average Bonchev–Trinajstić information content (AvgIpc) is 2.48. The average molecular weight is 279 g/mol. The van der Waals surface area contributed by atoms with E-state index >= 15 is 0 Å². The number of benzene rings is 1. The minimum absolute atomic E-state index is 0.249. The van der Waals surface area contributed by atoms with Crippen molar-refractivity contribution in [3.05, 3.63) is 35.9 Å². The molecule has 0 aromatic heterocycles. The molecule has 2 rings (SSSR count). The molecule has 0 radical (unpaired) electrons. The Balaban J connectivity index is 1.55. The summed E-state index contributed by atoms with van der Waals surface area (Å²) in [5, 5.41) is 9.84. The zero-order valence-electron chi connectivity index (χ0n) is 11.9. The maximum absolute atomic E-state index is 9.84. The van der Waals surface area contributed by atoms with Gasteiger partial charge in [-0.15, -0.1) is 0 Å². The van der Waals surface area contributed by atoms with Crippen LogP contribution in [0.1, 0.15) is 31.2 Å². The van der Waals surface area contributed by atoms with E-state index in [1.165, 1.54) is 0 Å². The fraction of sp³-hybridized carbons (Fsp3) is 0.625. The molecule has 3 N–H and O–H groups in total.